The van der Waals surface area contributed by atoms with Crippen molar-refractivity contribution >= 4 is 17.3 Å². The second-order valence-corrected chi connectivity index (χ2v) is 6.49. The number of hydrogen-bond acceptors (Lipinski definition) is 4. The molecule has 1 spiro atoms. The number of fused-ring (bicyclic) bond motifs is 1. The second kappa shape index (κ2) is 4.01. The summed E-state index contributed by atoms with van der Waals surface area (Å²) in [6.45, 7) is 2.26. The maximum atomic E-state index is 5.99. The third-order valence-corrected chi connectivity index (χ3v) is 4.87. The highest BCUT2D eigenvalue weighted by molar-refractivity contribution is 6.30. The zero-order valence-electron chi connectivity index (χ0n) is 10.9. The van der Waals surface area contributed by atoms with Crippen LogP contribution in [0.3, 0.4) is 0 Å². The summed E-state index contributed by atoms with van der Waals surface area (Å²) in [6.07, 6.45) is 2.57. The van der Waals surface area contributed by atoms with Gasteiger partial charge in [0, 0.05) is 24.2 Å². The topological polar surface area (TPSA) is 36.5 Å². The fraction of sp³-hybridized carbons (Fsp3) is 0.571. The molecule has 1 aromatic rings. The minimum Gasteiger partial charge on any atom is -0.455 e. The average Bonchev–Trinajstić information content (AvgIpc) is 2.68. The highest BCUT2D eigenvalue weighted by Gasteiger charge is 2.54. The number of ether oxygens (including phenoxy) is 1. The number of hydrogen-bond donors (Lipinski definition) is 2. The van der Waals surface area contributed by atoms with E-state index in [9.17, 15) is 0 Å². The van der Waals surface area contributed by atoms with Crippen LogP contribution in [0.1, 0.15) is 12.8 Å². The number of halogens is 1. The van der Waals surface area contributed by atoms with Crippen molar-refractivity contribution in [2.45, 2.75) is 25.2 Å². The molecule has 1 atom stereocenters. The van der Waals surface area contributed by atoms with Gasteiger partial charge in [0.1, 0.15) is 5.75 Å². The molecule has 1 saturated heterocycles. The Morgan fingerprint density at radius 2 is 2.21 bits per heavy atom. The van der Waals surface area contributed by atoms with E-state index in [0.717, 1.165) is 35.6 Å². The molecule has 1 aliphatic carbocycles. The maximum absolute atomic E-state index is 5.99. The summed E-state index contributed by atoms with van der Waals surface area (Å²) in [6, 6.07) is 6.44. The van der Waals surface area contributed by atoms with E-state index in [4.69, 9.17) is 16.3 Å². The van der Waals surface area contributed by atoms with Gasteiger partial charge in [-0.2, -0.15) is 0 Å². The number of rotatable bonds is 2. The van der Waals surface area contributed by atoms with Gasteiger partial charge < -0.3 is 15.4 Å². The molecule has 102 valence electrons. The van der Waals surface area contributed by atoms with Crippen LogP contribution in [0.5, 0.6) is 5.75 Å². The Bertz CT molecular complexity index is 507. The number of benzene rings is 1. The summed E-state index contributed by atoms with van der Waals surface area (Å²) < 4.78 is 5.92. The predicted octanol–water partition coefficient (Wildman–Crippen LogP) is 2.11. The largest absolute Gasteiger partial charge is 0.455 e. The lowest BCUT2D eigenvalue weighted by molar-refractivity contribution is -0.129. The molecule has 4 nitrogen and oxygen atoms in total. The lowest BCUT2D eigenvalue weighted by Gasteiger charge is -2.59. The van der Waals surface area contributed by atoms with Gasteiger partial charge in [-0.05, 0) is 43.5 Å². The van der Waals surface area contributed by atoms with E-state index in [0.29, 0.717) is 5.41 Å². The van der Waals surface area contributed by atoms with Crippen LogP contribution in [0.15, 0.2) is 18.2 Å². The van der Waals surface area contributed by atoms with Crippen LogP contribution in [0, 0.1) is 5.41 Å². The average molecular weight is 280 g/mol. The van der Waals surface area contributed by atoms with Crippen molar-refractivity contribution < 1.29 is 4.74 Å². The highest BCUT2D eigenvalue weighted by atomic mass is 35.5. The Morgan fingerprint density at radius 1 is 1.42 bits per heavy atom. The zero-order valence-corrected chi connectivity index (χ0v) is 11.7. The van der Waals surface area contributed by atoms with Crippen LogP contribution >= 0.6 is 11.6 Å². The molecule has 1 unspecified atom stereocenters. The summed E-state index contributed by atoms with van der Waals surface area (Å²) in [5.41, 5.74) is 1.55. The van der Waals surface area contributed by atoms with E-state index in [1.54, 1.807) is 0 Å². The number of nitrogens with zero attached hydrogens (tertiary/aromatic N) is 1. The van der Waals surface area contributed by atoms with E-state index in [-0.39, 0.29) is 6.35 Å². The lowest BCUT2D eigenvalue weighted by Crippen LogP contribution is -2.69. The standard InChI is InChI=1S/C14H18ClN3O/c1-16-10-5-14(6-10)7-18(8-14)13-17-11-4-9(15)2-3-12(11)19-13/h2-4,10,13,16-17H,5-8H2,1H3. The van der Waals surface area contributed by atoms with E-state index >= 15 is 0 Å². The predicted molar refractivity (Wildman–Crippen MR) is 75.6 cm³/mol. The molecule has 0 radical (unpaired) electrons. The summed E-state index contributed by atoms with van der Waals surface area (Å²) in [4.78, 5) is 2.36. The first kappa shape index (κ1) is 11.8. The van der Waals surface area contributed by atoms with Gasteiger partial charge in [0.25, 0.3) is 0 Å². The maximum Gasteiger partial charge on any atom is 0.230 e. The molecule has 2 aliphatic heterocycles. The molecule has 19 heavy (non-hydrogen) atoms. The molecule has 0 bridgehead atoms. The molecule has 1 saturated carbocycles. The van der Waals surface area contributed by atoms with Gasteiger partial charge in [0.15, 0.2) is 0 Å². The first-order valence-electron chi connectivity index (χ1n) is 6.82. The quantitative estimate of drug-likeness (QED) is 0.869. The summed E-state index contributed by atoms with van der Waals surface area (Å²) >= 11 is 5.99. The minimum absolute atomic E-state index is 0.0206. The fourth-order valence-electron chi connectivity index (χ4n) is 3.60. The van der Waals surface area contributed by atoms with Crippen LogP contribution in [-0.2, 0) is 0 Å². The van der Waals surface area contributed by atoms with Crippen molar-refractivity contribution in [3.63, 3.8) is 0 Å². The van der Waals surface area contributed by atoms with E-state index in [2.05, 4.69) is 22.6 Å². The van der Waals surface area contributed by atoms with Crippen molar-refractivity contribution in [3.05, 3.63) is 23.2 Å². The summed E-state index contributed by atoms with van der Waals surface area (Å²) in [5.74, 6) is 0.900. The Hall–Kier alpha value is -0.970. The Kier molecular flexibility index (Phi) is 2.50. The van der Waals surface area contributed by atoms with E-state index in [1.807, 2.05) is 18.2 Å². The molecule has 2 heterocycles. The van der Waals surface area contributed by atoms with Crippen molar-refractivity contribution in [1.82, 2.24) is 10.2 Å². The number of nitrogens with one attached hydrogen (secondary N) is 2. The van der Waals surface area contributed by atoms with Gasteiger partial charge >= 0.3 is 0 Å². The van der Waals surface area contributed by atoms with Gasteiger partial charge in [0.2, 0.25) is 6.35 Å². The van der Waals surface area contributed by atoms with Crippen LogP contribution in [0.25, 0.3) is 0 Å². The SMILES string of the molecule is CNC1CC2(C1)CN(C1Nc3cc(Cl)ccc3O1)C2. The minimum atomic E-state index is -0.0206. The van der Waals surface area contributed by atoms with Crippen LogP contribution in [-0.4, -0.2) is 37.4 Å². The third-order valence-electron chi connectivity index (χ3n) is 4.63. The van der Waals surface area contributed by atoms with Crippen LogP contribution in [0.2, 0.25) is 5.02 Å². The Balaban J connectivity index is 1.38. The Morgan fingerprint density at radius 3 is 2.95 bits per heavy atom. The molecular formula is C14H18ClN3O. The molecule has 1 aromatic carbocycles. The molecule has 0 amide bonds. The van der Waals surface area contributed by atoms with Crippen molar-refractivity contribution in [1.29, 1.82) is 0 Å². The fourth-order valence-corrected chi connectivity index (χ4v) is 3.77. The van der Waals surface area contributed by atoms with Gasteiger partial charge in [-0.25, -0.2) is 4.90 Å². The second-order valence-electron chi connectivity index (χ2n) is 6.05. The Labute approximate surface area is 118 Å². The van der Waals surface area contributed by atoms with Crippen molar-refractivity contribution in [3.8, 4) is 5.75 Å². The zero-order chi connectivity index (χ0) is 13.0. The van der Waals surface area contributed by atoms with Crippen LogP contribution in [0.4, 0.5) is 5.69 Å². The molecule has 0 aromatic heterocycles. The van der Waals surface area contributed by atoms with Gasteiger partial charge in [0.05, 0.1) is 5.69 Å². The monoisotopic (exact) mass is 279 g/mol. The first-order chi connectivity index (χ1) is 9.17. The smallest absolute Gasteiger partial charge is 0.230 e. The first-order valence-corrected chi connectivity index (χ1v) is 7.19. The van der Waals surface area contributed by atoms with Crippen molar-refractivity contribution in [2.75, 3.05) is 25.5 Å². The van der Waals surface area contributed by atoms with Crippen LogP contribution < -0.4 is 15.4 Å². The number of anilines is 1. The third kappa shape index (κ3) is 1.82. The normalized spacial score (nSPS) is 28.2. The molecule has 3 aliphatic rings. The lowest BCUT2D eigenvalue weighted by atomic mass is 9.61. The molecular weight excluding hydrogens is 262 g/mol. The van der Waals surface area contributed by atoms with E-state index in [1.165, 1.54) is 12.8 Å². The highest BCUT2D eigenvalue weighted by Crippen LogP contribution is 2.50. The molecule has 2 N–H and O–H groups in total. The molecule has 4 rings (SSSR count). The van der Waals surface area contributed by atoms with Gasteiger partial charge in [-0.15, -0.1) is 0 Å². The van der Waals surface area contributed by atoms with Gasteiger partial charge in [-0.1, -0.05) is 11.6 Å². The number of likely N-dealkylation sites (tertiary alicyclic amines) is 1. The summed E-state index contributed by atoms with van der Waals surface area (Å²) in [5, 5.41) is 7.48. The molecule has 5 heteroatoms. The van der Waals surface area contributed by atoms with Gasteiger partial charge in [-0.3, -0.25) is 0 Å². The summed E-state index contributed by atoms with van der Waals surface area (Å²) in [7, 11) is 2.05. The van der Waals surface area contributed by atoms with Crippen molar-refractivity contribution in [2.24, 2.45) is 5.41 Å². The molecule has 2 fully saturated rings. The van der Waals surface area contributed by atoms with E-state index < -0.39 is 0 Å².